The number of ether oxygens (including phenoxy) is 1. The first-order chi connectivity index (χ1) is 11.2. The Labute approximate surface area is 132 Å². The van der Waals surface area contributed by atoms with Crippen LogP contribution in [0.4, 0.5) is 0 Å². The van der Waals surface area contributed by atoms with Gasteiger partial charge in [0, 0.05) is 23.5 Å². The van der Waals surface area contributed by atoms with E-state index < -0.39 is 17.9 Å². The number of aromatic nitrogens is 1. The summed E-state index contributed by atoms with van der Waals surface area (Å²) in [4.78, 5) is 27.3. The molecule has 1 atom stereocenters. The average molecular weight is 312 g/mol. The molecule has 1 amide bonds. The van der Waals surface area contributed by atoms with Crippen molar-refractivity contribution in [3.63, 3.8) is 0 Å². The van der Waals surface area contributed by atoms with Crippen LogP contribution in [0.5, 0.6) is 0 Å². The number of methoxy groups -OCH3 is 1. The highest BCUT2D eigenvalue weighted by Crippen LogP contribution is 2.19. The van der Waals surface area contributed by atoms with Crippen LogP contribution in [0, 0.1) is 0 Å². The molecule has 6 nitrogen and oxygen atoms in total. The first-order valence-electron chi connectivity index (χ1n) is 7.16. The molecule has 0 saturated carbocycles. The van der Waals surface area contributed by atoms with Crippen molar-refractivity contribution >= 4 is 22.8 Å². The van der Waals surface area contributed by atoms with Crippen molar-refractivity contribution in [3.8, 4) is 0 Å². The maximum Gasteiger partial charge on any atom is 0.328 e. The maximum atomic E-state index is 12.1. The Morgan fingerprint density at radius 2 is 2.09 bits per heavy atom. The molecule has 0 unspecified atom stereocenters. The van der Waals surface area contributed by atoms with Gasteiger partial charge in [-0.2, -0.15) is 0 Å². The minimum absolute atomic E-state index is 0.151. The number of aromatic amines is 1. The van der Waals surface area contributed by atoms with Gasteiger partial charge in [-0.05, 0) is 23.8 Å². The van der Waals surface area contributed by atoms with Crippen molar-refractivity contribution in [2.75, 3.05) is 7.11 Å². The zero-order chi connectivity index (χ0) is 16.2. The lowest BCUT2D eigenvalue weighted by molar-refractivity contribution is -0.142. The molecule has 118 valence electrons. The fraction of sp³-hybridized carbons (Fsp3) is 0.176. The molecule has 1 aromatic carbocycles. The number of esters is 1. The molecule has 0 fully saturated rings. The molecule has 2 N–H and O–H groups in total. The standard InChI is InChI=1S/C17H16N2O4/c1-22-17(21)14(19-16(20)15-7-4-8-23-15)9-11-10-18-13-6-3-2-5-12(11)13/h2-8,10,14,18H,9H2,1H3,(H,19,20)/t14-/m0/s1. The zero-order valence-corrected chi connectivity index (χ0v) is 12.5. The Balaban J connectivity index is 1.82. The molecule has 3 aromatic rings. The highest BCUT2D eigenvalue weighted by molar-refractivity contribution is 5.95. The minimum atomic E-state index is -0.795. The quantitative estimate of drug-likeness (QED) is 0.708. The van der Waals surface area contributed by atoms with Crippen LogP contribution in [0.2, 0.25) is 0 Å². The third kappa shape index (κ3) is 3.11. The van der Waals surface area contributed by atoms with Crippen LogP contribution in [0.25, 0.3) is 10.9 Å². The van der Waals surface area contributed by atoms with E-state index in [1.807, 2.05) is 30.5 Å². The number of nitrogens with one attached hydrogen (secondary N) is 2. The van der Waals surface area contributed by atoms with Gasteiger partial charge in [0.1, 0.15) is 6.04 Å². The molecule has 0 saturated heterocycles. The molecule has 0 aliphatic heterocycles. The number of fused-ring (bicyclic) bond motifs is 1. The number of furan rings is 1. The van der Waals surface area contributed by atoms with Gasteiger partial charge in [0.2, 0.25) is 0 Å². The predicted molar refractivity (Wildman–Crippen MR) is 84.0 cm³/mol. The first-order valence-corrected chi connectivity index (χ1v) is 7.16. The van der Waals surface area contributed by atoms with Gasteiger partial charge >= 0.3 is 5.97 Å². The highest BCUT2D eigenvalue weighted by Gasteiger charge is 2.24. The number of benzene rings is 1. The van der Waals surface area contributed by atoms with E-state index >= 15 is 0 Å². The summed E-state index contributed by atoms with van der Waals surface area (Å²) >= 11 is 0. The number of H-pyrrole nitrogens is 1. The van der Waals surface area contributed by atoms with E-state index in [9.17, 15) is 9.59 Å². The molecule has 0 bridgehead atoms. The monoisotopic (exact) mass is 312 g/mol. The Hall–Kier alpha value is -3.02. The first kappa shape index (κ1) is 14.9. The summed E-state index contributed by atoms with van der Waals surface area (Å²) in [6.07, 6.45) is 3.56. The van der Waals surface area contributed by atoms with Gasteiger partial charge in [-0.3, -0.25) is 4.79 Å². The summed E-state index contributed by atoms with van der Waals surface area (Å²) in [5, 5.41) is 3.66. The third-order valence-corrected chi connectivity index (χ3v) is 3.63. The van der Waals surface area contributed by atoms with Crippen molar-refractivity contribution in [2.45, 2.75) is 12.5 Å². The van der Waals surface area contributed by atoms with Crippen molar-refractivity contribution in [1.29, 1.82) is 0 Å². The number of carbonyl (C=O) groups is 2. The van der Waals surface area contributed by atoms with E-state index in [0.717, 1.165) is 16.5 Å². The predicted octanol–water partition coefficient (Wildman–Crippen LogP) is 2.28. The van der Waals surface area contributed by atoms with Gasteiger partial charge in [-0.15, -0.1) is 0 Å². The summed E-state index contributed by atoms with van der Waals surface area (Å²) in [6.45, 7) is 0. The second-order valence-corrected chi connectivity index (χ2v) is 5.09. The third-order valence-electron chi connectivity index (χ3n) is 3.63. The minimum Gasteiger partial charge on any atom is -0.467 e. The molecule has 6 heteroatoms. The molecule has 0 spiro atoms. The van der Waals surface area contributed by atoms with Gasteiger partial charge in [0.05, 0.1) is 13.4 Å². The fourth-order valence-electron chi connectivity index (χ4n) is 2.49. The summed E-state index contributed by atoms with van der Waals surface area (Å²) in [6, 6.07) is 10.1. The second-order valence-electron chi connectivity index (χ2n) is 5.09. The van der Waals surface area contributed by atoms with E-state index in [2.05, 4.69) is 10.3 Å². The maximum absolute atomic E-state index is 12.1. The van der Waals surface area contributed by atoms with Crippen molar-refractivity contribution < 1.29 is 18.7 Å². The Bertz CT molecular complexity index is 820. The largest absolute Gasteiger partial charge is 0.467 e. The topological polar surface area (TPSA) is 84.3 Å². The lowest BCUT2D eigenvalue weighted by Crippen LogP contribution is -2.42. The van der Waals surface area contributed by atoms with E-state index in [-0.39, 0.29) is 5.76 Å². The number of para-hydroxylation sites is 1. The molecular weight excluding hydrogens is 296 g/mol. The normalized spacial score (nSPS) is 12.0. The van der Waals surface area contributed by atoms with Crippen molar-refractivity contribution in [3.05, 3.63) is 60.2 Å². The zero-order valence-electron chi connectivity index (χ0n) is 12.5. The SMILES string of the molecule is COC(=O)[C@H](Cc1c[nH]c2ccccc12)NC(=O)c1ccco1. The van der Waals surface area contributed by atoms with E-state index in [0.29, 0.717) is 6.42 Å². The Kier molecular flexibility index (Phi) is 4.14. The molecule has 2 heterocycles. The van der Waals surface area contributed by atoms with Gasteiger partial charge in [-0.1, -0.05) is 18.2 Å². The molecule has 0 aliphatic carbocycles. The smallest absolute Gasteiger partial charge is 0.328 e. The van der Waals surface area contributed by atoms with Crippen LogP contribution in [-0.2, 0) is 16.0 Å². The summed E-state index contributed by atoms with van der Waals surface area (Å²) in [5.41, 5.74) is 1.90. The molecule has 3 rings (SSSR count). The highest BCUT2D eigenvalue weighted by atomic mass is 16.5. The lowest BCUT2D eigenvalue weighted by Gasteiger charge is -2.15. The Morgan fingerprint density at radius 1 is 1.26 bits per heavy atom. The summed E-state index contributed by atoms with van der Waals surface area (Å²) in [7, 11) is 1.30. The van der Waals surface area contributed by atoms with E-state index in [1.54, 1.807) is 6.07 Å². The molecule has 0 radical (unpaired) electrons. The van der Waals surface area contributed by atoms with Crippen molar-refractivity contribution in [1.82, 2.24) is 10.3 Å². The summed E-state index contributed by atoms with van der Waals surface area (Å²) in [5.74, 6) is -0.807. The number of amides is 1. The average Bonchev–Trinajstić information content (AvgIpc) is 3.23. The number of rotatable bonds is 5. The van der Waals surface area contributed by atoms with E-state index in [4.69, 9.17) is 9.15 Å². The van der Waals surface area contributed by atoms with Gasteiger partial charge in [-0.25, -0.2) is 4.79 Å². The number of carbonyl (C=O) groups excluding carboxylic acids is 2. The van der Waals surface area contributed by atoms with Crippen LogP contribution >= 0.6 is 0 Å². The number of hydrogen-bond acceptors (Lipinski definition) is 4. The fourth-order valence-corrected chi connectivity index (χ4v) is 2.49. The number of hydrogen-bond donors (Lipinski definition) is 2. The van der Waals surface area contributed by atoms with Crippen LogP contribution in [-0.4, -0.2) is 30.0 Å². The van der Waals surface area contributed by atoms with Crippen molar-refractivity contribution in [2.24, 2.45) is 0 Å². The van der Waals surface area contributed by atoms with Crippen LogP contribution in [0.3, 0.4) is 0 Å². The molecule has 2 aromatic heterocycles. The van der Waals surface area contributed by atoms with Gasteiger partial charge < -0.3 is 19.5 Å². The molecular formula is C17H16N2O4. The van der Waals surface area contributed by atoms with Crippen LogP contribution in [0.1, 0.15) is 16.1 Å². The van der Waals surface area contributed by atoms with E-state index in [1.165, 1.54) is 19.4 Å². The molecule has 0 aliphatic rings. The Morgan fingerprint density at radius 3 is 2.83 bits per heavy atom. The summed E-state index contributed by atoms with van der Waals surface area (Å²) < 4.78 is 9.84. The van der Waals surface area contributed by atoms with Crippen LogP contribution in [0.15, 0.2) is 53.3 Å². The van der Waals surface area contributed by atoms with Gasteiger partial charge in [0.15, 0.2) is 5.76 Å². The van der Waals surface area contributed by atoms with Gasteiger partial charge in [0.25, 0.3) is 5.91 Å². The lowest BCUT2D eigenvalue weighted by atomic mass is 10.0. The van der Waals surface area contributed by atoms with Crippen LogP contribution < -0.4 is 5.32 Å². The molecule has 23 heavy (non-hydrogen) atoms. The second kappa shape index (κ2) is 6.39.